The molecule has 2 atom stereocenters. The molecule has 1 amide bonds. The summed E-state index contributed by atoms with van der Waals surface area (Å²) in [5, 5.41) is 15.8. The van der Waals surface area contributed by atoms with Crippen LogP contribution >= 0.6 is 0 Å². The number of amides is 1. The summed E-state index contributed by atoms with van der Waals surface area (Å²) in [6.45, 7) is 10.6. The number of carbonyl (C=O) groups excluding carboxylic acids is 1. The summed E-state index contributed by atoms with van der Waals surface area (Å²) in [5.74, 6) is -0.121. The maximum absolute atomic E-state index is 11.4. The topological polar surface area (TPSA) is 58.6 Å². The van der Waals surface area contributed by atoms with Crippen LogP contribution in [0.4, 0.5) is 0 Å². The number of nitrogens with one attached hydrogen (secondary N) is 1. The maximum Gasteiger partial charge on any atom is 0.261 e. The lowest BCUT2D eigenvalue weighted by Gasteiger charge is -2.43. The second-order valence-electron chi connectivity index (χ2n) is 8.58. The van der Waals surface area contributed by atoms with Crippen molar-refractivity contribution in [2.45, 2.75) is 64.6 Å². The van der Waals surface area contributed by atoms with Gasteiger partial charge in [-0.1, -0.05) is 88.4 Å². The number of aliphatic hydroxyl groups excluding tert-OH is 1. The molecule has 2 aromatic rings. The van der Waals surface area contributed by atoms with E-state index in [-0.39, 0.29) is 17.0 Å². The minimum Gasteiger partial charge on any atom is -0.407 e. The zero-order chi connectivity index (χ0) is 21.5. The molecule has 0 heterocycles. The van der Waals surface area contributed by atoms with Crippen molar-refractivity contribution >= 4 is 24.6 Å². The molecule has 0 radical (unpaired) electrons. The van der Waals surface area contributed by atoms with Gasteiger partial charge >= 0.3 is 0 Å². The number of rotatable bonds is 9. The van der Waals surface area contributed by atoms with E-state index in [0.717, 1.165) is 0 Å². The van der Waals surface area contributed by atoms with E-state index in [4.69, 9.17) is 4.43 Å². The van der Waals surface area contributed by atoms with Crippen LogP contribution in [0.3, 0.4) is 0 Å². The van der Waals surface area contributed by atoms with Crippen molar-refractivity contribution in [3.05, 3.63) is 60.7 Å². The average Bonchev–Trinajstić information content (AvgIpc) is 2.69. The van der Waals surface area contributed by atoms with Crippen LogP contribution in [-0.2, 0) is 9.22 Å². The second kappa shape index (κ2) is 10.2. The van der Waals surface area contributed by atoms with E-state index in [1.165, 1.54) is 17.3 Å². The van der Waals surface area contributed by atoms with E-state index < -0.39 is 14.4 Å². The van der Waals surface area contributed by atoms with Crippen molar-refractivity contribution in [2.75, 3.05) is 6.61 Å². The summed E-state index contributed by atoms with van der Waals surface area (Å²) >= 11 is 0. The van der Waals surface area contributed by atoms with Gasteiger partial charge in [0.2, 0.25) is 5.91 Å². The van der Waals surface area contributed by atoms with E-state index in [9.17, 15) is 9.90 Å². The molecule has 0 aliphatic heterocycles. The van der Waals surface area contributed by atoms with Gasteiger partial charge in [-0.25, -0.2) is 0 Å². The monoisotopic (exact) mass is 413 g/mol. The summed E-state index contributed by atoms with van der Waals surface area (Å²) < 4.78 is 6.80. The van der Waals surface area contributed by atoms with Gasteiger partial charge in [0.15, 0.2) is 0 Å². The lowest BCUT2D eigenvalue weighted by molar-refractivity contribution is -0.120. The summed E-state index contributed by atoms with van der Waals surface area (Å²) in [7, 11) is -2.59. The fourth-order valence-electron chi connectivity index (χ4n) is 4.03. The SMILES string of the molecule is CC[C@@H](NC(C)=O)[C@H](O)CCO[Si](c1ccccc1)(c1ccccc1)C(C)(C)C. The van der Waals surface area contributed by atoms with Crippen LogP contribution in [0, 0.1) is 0 Å². The third-order valence-electron chi connectivity index (χ3n) is 5.44. The van der Waals surface area contributed by atoms with Gasteiger partial charge in [0.25, 0.3) is 8.32 Å². The Kier molecular flexibility index (Phi) is 8.20. The van der Waals surface area contributed by atoms with Crippen LogP contribution in [0.2, 0.25) is 5.04 Å². The van der Waals surface area contributed by atoms with Crippen molar-refractivity contribution in [1.82, 2.24) is 5.32 Å². The number of aliphatic hydroxyl groups is 1. The van der Waals surface area contributed by atoms with Gasteiger partial charge in [-0.15, -0.1) is 0 Å². The molecule has 0 aromatic heterocycles. The molecule has 0 bridgehead atoms. The average molecular weight is 414 g/mol. The van der Waals surface area contributed by atoms with E-state index in [2.05, 4.69) is 74.6 Å². The van der Waals surface area contributed by atoms with Gasteiger partial charge in [-0.05, 0) is 28.3 Å². The molecule has 2 rings (SSSR count). The van der Waals surface area contributed by atoms with Crippen molar-refractivity contribution in [3.8, 4) is 0 Å². The molecular weight excluding hydrogens is 378 g/mol. The molecule has 0 saturated carbocycles. The molecular formula is C24H35NO3Si. The van der Waals surface area contributed by atoms with E-state index in [0.29, 0.717) is 19.4 Å². The Morgan fingerprint density at radius 2 is 1.52 bits per heavy atom. The molecule has 4 nitrogen and oxygen atoms in total. The first kappa shape index (κ1) is 23.3. The third-order valence-corrected chi connectivity index (χ3v) is 10.5. The normalized spacial score (nSPS) is 14.3. The summed E-state index contributed by atoms with van der Waals surface area (Å²) in [4.78, 5) is 11.4. The van der Waals surface area contributed by atoms with Crippen LogP contribution in [0.1, 0.15) is 47.5 Å². The number of carbonyl (C=O) groups is 1. The highest BCUT2D eigenvalue weighted by Gasteiger charge is 2.50. The molecule has 0 spiro atoms. The van der Waals surface area contributed by atoms with Crippen molar-refractivity contribution in [1.29, 1.82) is 0 Å². The van der Waals surface area contributed by atoms with Gasteiger partial charge in [0, 0.05) is 13.5 Å². The fourth-order valence-corrected chi connectivity index (χ4v) is 8.61. The van der Waals surface area contributed by atoms with Gasteiger partial charge in [0.05, 0.1) is 12.1 Å². The first-order valence-corrected chi connectivity index (χ1v) is 12.3. The molecule has 2 N–H and O–H groups in total. The zero-order valence-electron chi connectivity index (χ0n) is 18.3. The Hall–Kier alpha value is -1.95. The summed E-state index contributed by atoms with van der Waals surface area (Å²) in [6.07, 6.45) is 0.519. The highest BCUT2D eigenvalue weighted by atomic mass is 28.4. The second-order valence-corrected chi connectivity index (χ2v) is 12.9. The van der Waals surface area contributed by atoms with Crippen molar-refractivity contribution in [3.63, 3.8) is 0 Å². The van der Waals surface area contributed by atoms with Crippen LogP contribution in [0.5, 0.6) is 0 Å². The molecule has 0 aliphatic carbocycles. The molecule has 2 aromatic carbocycles. The molecule has 29 heavy (non-hydrogen) atoms. The number of hydrogen-bond donors (Lipinski definition) is 2. The molecule has 0 saturated heterocycles. The summed E-state index contributed by atoms with van der Waals surface area (Å²) in [5.41, 5.74) is 0. The molecule has 5 heteroatoms. The Balaban J connectivity index is 2.33. The predicted octanol–water partition coefficient (Wildman–Crippen LogP) is 3.23. The third kappa shape index (κ3) is 5.56. The van der Waals surface area contributed by atoms with Crippen molar-refractivity contribution < 1.29 is 14.3 Å². The highest BCUT2D eigenvalue weighted by Crippen LogP contribution is 2.36. The number of benzene rings is 2. The van der Waals surface area contributed by atoms with Crippen molar-refractivity contribution in [2.24, 2.45) is 0 Å². The van der Waals surface area contributed by atoms with Crippen LogP contribution in [0.25, 0.3) is 0 Å². The van der Waals surface area contributed by atoms with E-state index >= 15 is 0 Å². The van der Waals surface area contributed by atoms with E-state index in [1.54, 1.807) is 0 Å². The minimum absolute atomic E-state index is 0.0948. The van der Waals surface area contributed by atoms with Crippen LogP contribution < -0.4 is 15.7 Å². The Bertz CT molecular complexity index is 719. The highest BCUT2D eigenvalue weighted by molar-refractivity contribution is 6.99. The lowest BCUT2D eigenvalue weighted by atomic mass is 10.1. The molecule has 0 unspecified atom stereocenters. The van der Waals surface area contributed by atoms with Crippen LogP contribution in [-0.4, -0.2) is 38.1 Å². The molecule has 0 fully saturated rings. The smallest absolute Gasteiger partial charge is 0.261 e. The minimum atomic E-state index is -2.59. The lowest BCUT2D eigenvalue weighted by Crippen LogP contribution is -2.66. The molecule has 158 valence electrons. The standard InChI is InChI=1S/C24H35NO3Si/c1-6-22(25-19(2)26)23(27)17-18-28-29(24(3,4)5,20-13-9-7-10-14-20)21-15-11-8-12-16-21/h7-16,22-23,27H,6,17-18H2,1-5H3,(H,25,26)/t22-,23-/m1/s1. The predicted molar refractivity (Wildman–Crippen MR) is 122 cm³/mol. The van der Waals surface area contributed by atoms with Gasteiger partial charge < -0.3 is 14.8 Å². The van der Waals surface area contributed by atoms with Gasteiger partial charge in [0.1, 0.15) is 0 Å². The fraction of sp³-hybridized carbons (Fsp3) is 0.458. The van der Waals surface area contributed by atoms with Gasteiger partial charge in [-0.2, -0.15) is 0 Å². The van der Waals surface area contributed by atoms with Crippen LogP contribution in [0.15, 0.2) is 60.7 Å². The first-order valence-electron chi connectivity index (χ1n) is 10.4. The largest absolute Gasteiger partial charge is 0.407 e. The Morgan fingerprint density at radius 1 is 1.03 bits per heavy atom. The maximum atomic E-state index is 11.4. The quantitative estimate of drug-likeness (QED) is 0.621. The van der Waals surface area contributed by atoms with Gasteiger partial charge in [-0.3, -0.25) is 4.79 Å². The Morgan fingerprint density at radius 3 is 1.90 bits per heavy atom. The zero-order valence-corrected chi connectivity index (χ0v) is 19.3. The first-order chi connectivity index (χ1) is 13.7. The molecule has 0 aliphatic rings. The summed E-state index contributed by atoms with van der Waals surface area (Å²) in [6, 6.07) is 20.7. The van der Waals surface area contributed by atoms with E-state index in [1.807, 2.05) is 19.1 Å². The Labute approximate surface area is 176 Å². The number of hydrogen-bond acceptors (Lipinski definition) is 3.